The van der Waals surface area contributed by atoms with Crippen molar-refractivity contribution in [1.82, 2.24) is 5.32 Å². The predicted octanol–water partition coefficient (Wildman–Crippen LogP) is 2.35. The summed E-state index contributed by atoms with van der Waals surface area (Å²) >= 11 is 0. The van der Waals surface area contributed by atoms with Crippen molar-refractivity contribution in [3.05, 3.63) is 29.6 Å². The van der Waals surface area contributed by atoms with E-state index < -0.39 is 12.1 Å². The van der Waals surface area contributed by atoms with Crippen LogP contribution < -0.4 is 10.1 Å². The second-order valence-corrected chi connectivity index (χ2v) is 4.06. The second-order valence-electron chi connectivity index (χ2n) is 4.06. The summed E-state index contributed by atoms with van der Waals surface area (Å²) in [4.78, 5) is 10.8. The first-order valence-corrected chi connectivity index (χ1v) is 5.88. The van der Waals surface area contributed by atoms with Crippen molar-refractivity contribution in [2.45, 2.75) is 32.9 Å². The van der Waals surface area contributed by atoms with Crippen LogP contribution in [0.4, 0.5) is 4.39 Å². The zero-order valence-electron chi connectivity index (χ0n) is 10.7. The van der Waals surface area contributed by atoms with E-state index in [9.17, 15) is 9.18 Å². The molecule has 2 N–H and O–H groups in total. The molecule has 5 heteroatoms. The fourth-order valence-electron chi connectivity index (χ4n) is 1.62. The van der Waals surface area contributed by atoms with Gasteiger partial charge in [-0.2, -0.15) is 0 Å². The van der Waals surface area contributed by atoms with E-state index in [-0.39, 0.29) is 11.9 Å². The Labute approximate surface area is 106 Å². The molecule has 100 valence electrons. The van der Waals surface area contributed by atoms with E-state index in [4.69, 9.17) is 9.84 Å². The normalized spacial score (nSPS) is 14.0. The molecule has 1 rings (SSSR count). The number of benzene rings is 1. The van der Waals surface area contributed by atoms with E-state index in [1.807, 2.05) is 13.8 Å². The van der Waals surface area contributed by atoms with Gasteiger partial charge in [0.25, 0.3) is 0 Å². The minimum atomic E-state index is -1.05. The summed E-state index contributed by atoms with van der Waals surface area (Å²) in [5.74, 6) is -1.04. The van der Waals surface area contributed by atoms with Crippen LogP contribution in [0.1, 0.15) is 32.4 Å². The number of aliphatic carboxylic acids is 1. The fraction of sp³-hybridized carbons (Fsp3) is 0.462. The Morgan fingerprint density at radius 3 is 2.72 bits per heavy atom. The van der Waals surface area contributed by atoms with E-state index in [0.717, 1.165) is 6.54 Å². The maximum atomic E-state index is 13.2. The standard InChI is InChI=1S/C13H18FNO3/c1-4-15-8(2)11-7-10(14)5-6-12(11)18-9(3)13(16)17/h5-9,15H,4H2,1-3H3,(H,16,17). The number of ether oxygens (including phenoxy) is 1. The highest BCUT2D eigenvalue weighted by Crippen LogP contribution is 2.27. The average Bonchev–Trinajstić information content (AvgIpc) is 2.31. The largest absolute Gasteiger partial charge is 0.479 e. The van der Waals surface area contributed by atoms with E-state index in [2.05, 4.69) is 5.32 Å². The summed E-state index contributed by atoms with van der Waals surface area (Å²) < 4.78 is 18.6. The van der Waals surface area contributed by atoms with Gasteiger partial charge in [-0.25, -0.2) is 9.18 Å². The highest BCUT2D eigenvalue weighted by atomic mass is 19.1. The predicted molar refractivity (Wildman–Crippen MR) is 66.2 cm³/mol. The molecule has 0 aliphatic heterocycles. The van der Waals surface area contributed by atoms with Crippen LogP contribution in [0, 0.1) is 5.82 Å². The Bertz CT molecular complexity index is 423. The zero-order chi connectivity index (χ0) is 13.7. The molecule has 1 aromatic carbocycles. The molecule has 2 atom stereocenters. The number of nitrogens with one attached hydrogen (secondary N) is 1. The number of carboxylic acids is 1. The lowest BCUT2D eigenvalue weighted by Crippen LogP contribution is -2.25. The van der Waals surface area contributed by atoms with Gasteiger partial charge in [-0.05, 0) is 38.6 Å². The van der Waals surface area contributed by atoms with Gasteiger partial charge < -0.3 is 15.2 Å². The van der Waals surface area contributed by atoms with Crippen LogP contribution in [-0.4, -0.2) is 23.7 Å². The highest BCUT2D eigenvalue weighted by Gasteiger charge is 2.17. The summed E-state index contributed by atoms with van der Waals surface area (Å²) in [6, 6.07) is 3.96. The molecule has 4 nitrogen and oxygen atoms in total. The summed E-state index contributed by atoms with van der Waals surface area (Å²) in [7, 11) is 0. The van der Waals surface area contributed by atoms with Crippen LogP contribution in [0.15, 0.2) is 18.2 Å². The van der Waals surface area contributed by atoms with Crippen molar-refractivity contribution in [3.63, 3.8) is 0 Å². The molecule has 0 amide bonds. The van der Waals surface area contributed by atoms with Crippen molar-refractivity contribution in [3.8, 4) is 5.75 Å². The first kappa shape index (κ1) is 14.4. The van der Waals surface area contributed by atoms with Crippen molar-refractivity contribution < 1.29 is 19.0 Å². The smallest absolute Gasteiger partial charge is 0.344 e. The molecule has 0 saturated heterocycles. The van der Waals surface area contributed by atoms with Crippen molar-refractivity contribution >= 4 is 5.97 Å². The number of halogens is 1. The molecule has 0 fully saturated rings. The minimum absolute atomic E-state index is 0.110. The number of carbonyl (C=O) groups is 1. The van der Waals surface area contributed by atoms with Gasteiger partial charge in [-0.15, -0.1) is 0 Å². The van der Waals surface area contributed by atoms with E-state index in [0.29, 0.717) is 11.3 Å². The Morgan fingerprint density at radius 2 is 2.17 bits per heavy atom. The van der Waals surface area contributed by atoms with Gasteiger partial charge in [-0.1, -0.05) is 6.92 Å². The van der Waals surface area contributed by atoms with Crippen LogP contribution >= 0.6 is 0 Å². The van der Waals surface area contributed by atoms with Crippen molar-refractivity contribution in [2.75, 3.05) is 6.54 Å². The molecule has 2 unspecified atom stereocenters. The molecule has 0 aliphatic rings. The molecule has 0 heterocycles. The van der Waals surface area contributed by atoms with Crippen molar-refractivity contribution in [1.29, 1.82) is 0 Å². The van der Waals surface area contributed by atoms with Gasteiger partial charge in [0.05, 0.1) is 0 Å². The lowest BCUT2D eigenvalue weighted by Gasteiger charge is -2.19. The molecule has 0 spiro atoms. The Morgan fingerprint density at radius 1 is 1.50 bits per heavy atom. The van der Waals surface area contributed by atoms with Crippen LogP contribution in [0.25, 0.3) is 0 Å². The molecule has 0 saturated carbocycles. The molecule has 0 aliphatic carbocycles. The Hall–Kier alpha value is -1.62. The number of carboxylic acid groups (broad SMARTS) is 1. The zero-order valence-corrected chi connectivity index (χ0v) is 10.7. The van der Waals surface area contributed by atoms with E-state index >= 15 is 0 Å². The molecule has 1 aromatic rings. The Balaban J connectivity index is 2.99. The van der Waals surface area contributed by atoms with Gasteiger partial charge in [-0.3, -0.25) is 0 Å². The van der Waals surface area contributed by atoms with Gasteiger partial charge in [0, 0.05) is 11.6 Å². The number of hydrogen-bond donors (Lipinski definition) is 2. The maximum absolute atomic E-state index is 13.2. The summed E-state index contributed by atoms with van der Waals surface area (Å²) in [6.07, 6.45) is -0.969. The first-order chi connectivity index (χ1) is 8.45. The molecule has 18 heavy (non-hydrogen) atoms. The van der Waals surface area contributed by atoms with Crippen molar-refractivity contribution in [2.24, 2.45) is 0 Å². The Kier molecular flexibility index (Phi) is 5.09. The maximum Gasteiger partial charge on any atom is 0.344 e. The average molecular weight is 255 g/mol. The third-order valence-corrected chi connectivity index (χ3v) is 2.60. The lowest BCUT2D eigenvalue weighted by molar-refractivity contribution is -0.144. The number of hydrogen-bond acceptors (Lipinski definition) is 3. The summed E-state index contributed by atoms with van der Waals surface area (Å²) in [5, 5.41) is 12.0. The molecule has 0 aromatic heterocycles. The highest BCUT2D eigenvalue weighted by molar-refractivity contribution is 5.72. The fourth-order valence-corrected chi connectivity index (χ4v) is 1.62. The topological polar surface area (TPSA) is 58.6 Å². The van der Waals surface area contributed by atoms with E-state index in [1.165, 1.54) is 25.1 Å². The third-order valence-electron chi connectivity index (χ3n) is 2.60. The third kappa shape index (κ3) is 3.70. The monoisotopic (exact) mass is 255 g/mol. The van der Waals surface area contributed by atoms with Crippen LogP contribution in [0.2, 0.25) is 0 Å². The van der Waals surface area contributed by atoms with Gasteiger partial charge in [0.15, 0.2) is 6.10 Å². The van der Waals surface area contributed by atoms with E-state index in [1.54, 1.807) is 0 Å². The van der Waals surface area contributed by atoms with Gasteiger partial charge >= 0.3 is 5.97 Å². The van der Waals surface area contributed by atoms with Gasteiger partial charge in [0.2, 0.25) is 0 Å². The molecular formula is C13H18FNO3. The molecular weight excluding hydrogens is 237 g/mol. The quantitative estimate of drug-likeness (QED) is 0.819. The molecule has 0 bridgehead atoms. The van der Waals surface area contributed by atoms with Gasteiger partial charge in [0.1, 0.15) is 11.6 Å². The SMILES string of the molecule is CCNC(C)c1cc(F)ccc1OC(C)C(=O)O. The summed E-state index contributed by atoms with van der Waals surface area (Å²) in [5.41, 5.74) is 0.616. The second kappa shape index (κ2) is 6.35. The van der Waals surface area contributed by atoms with Crippen LogP contribution in [0.3, 0.4) is 0 Å². The minimum Gasteiger partial charge on any atom is -0.479 e. The number of rotatable bonds is 6. The summed E-state index contributed by atoms with van der Waals surface area (Å²) in [6.45, 7) is 5.98. The molecule has 0 radical (unpaired) electrons. The lowest BCUT2D eigenvalue weighted by atomic mass is 10.1. The first-order valence-electron chi connectivity index (χ1n) is 5.88. The van der Waals surface area contributed by atoms with Crippen LogP contribution in [0.5, 0.6) is 5.75 Å². The van der Waals surface area contributed by atoms with Crippen LogP contribution in [-0.2, 0) is 4.79 Å².